The molecule has 2 rings (SSSR count). The summed E-state index contributed by atoms with van der Waals surface area (Å²) in [5, 5.41) is 0.786. The zero-order chi connectivity index (χ0) is 12.3. The molecule has 0 amide bonds. The highest BCUT2D eigenvalue weighted by Crippen LogP contribution is 2.28. The maximum Gasteiger partial charge on any atom is 0.0488 e. The smallest absolute Gasteiger partial charge is 0.0488 e. The second-order valence-corrected chi connectivity index (χ2v) is 5.48. The summed E-state index contributed by atoms with van der Waals surface area (Å²) >= 11 is 12.1. The molecule has 0 radical (unpaired) electrons. The second kappa shape index (κ2) is 5.97. The maximum absolute atomic E-state index is 6.23. The van der Waals surface area contributed by atoms with Crippen LogP contribution in [0.3, 0.4) is 0 Å². The van der Waals surface area contributed by atoms with Crippen LogP contribution in [-0.4, -0.2) is 12.6 Å². The number of benzene rings is 1. The quantitative estimate of drug-likeness (QED) is 0.696. The molecule has 1 aliphatic rings. The molecule has 0 aliphatic carbocycles. The molecule has 0 aromatic heterocycles. The Balaban J connectivity index is 2.22. The van der Waals surface area contributed by atoms with Gasteiger partial charge in [0.15, 0.2) is 0 Å². The highest BCUT2D eigenvalue weighted by Gasteiger charge is 2.17. The topological polar surface area (TPSA) is 3.24 Å². The van der Waals surface area contributed by atoms with E-state index in [4.69, 9.17) is 23.2 Å². The highest BCUT2D eigenvalue weighted by molar-refractivity contribution is 6.32. The van der Waals surface area contributed by atoms with Gasteiger partial charge >= 0.3 is 0 Å². The van der Waals surface area contributed by atoms with Crippen LogP contribution in [0.2, 0.25) is 5.02 Å². The number of halogens is 2. The lowest BCUT2D eigenvalue weighted by Gasteiger charge is -2.29. The Morgan fingerprint density at radius 2 is 2.12 bits per heavy atom. The SMILES string of the molecule is CC1CCCCCN1c1ccc(CCl)c(Cl)c1. The number of rotatable bonds is 2. The van der Waals surface area contributed by atoms with Gasteiger partial charge in [-0.3, -0.25) is 0 Å². The lowest BCUT2D eigenvalue weighted by molar-refractivity contribution is 0.616. The van der Waals surface area contributed by atoms with Crippen molar-refractivity contribution in [1.82, 2.24) is 0 Å². The van der Waals surface area contributed by atoms with Crippen LogP contribution in [-0.2, 0) is 5.88 Å². The third kappa shape index (κ3) is 3.08. The first-order valence-electron chi connectivity index (χ1n) is 6.33. The van der Waals surface area contributed by atoms with E-state index in [1.807, 2.05) is 6.07 Å². The monoisotopic (exact) mass is 271 g/mol. The molecule has 1 aromatic carbocycles. The highest BCUT2D eigenvalue weighted by atomic mass is 35.5. The Morgan fingerprint density at radius 3 is 2.82 bits per heavy atom. The zero-order valence-electron chi connectivity index (χ0n) is 10.3. The van der Waals surface area contributed by atoms with E-state index in [1.54, 1.807) is 0 Å². The molecule has 3 heteroatoms. The van der Waals surface area contributed by atoms with Crippen molar-refractivity contribution >= 4 is 28.9 Å². The minimum absolute atomic E-state index is 0.481. The van der Waals surface area contributed by atoms with Crippen LogP contribution in [0.4, 0.5) is 5.69 Å². The number of anilines is 1. The summed E-state index contributed by atoms with van der Waals surface area (Å²) in [4.78, 5) is 2.47. The first-order valence-corrected chi connectivity index (χ1v) is 7.24. The third-order valence-corrected chi connectivity index (χ3v) is 4.21. The van der Waals surface area contributed by atoms with Crippen molar-refractivity contribution in [3.63, 3.8) is 0 Å². The van der Waals surface area contributed by atoms with E-state index < -0.39 is 0 Å². The van der Waals surface area contributed by atoms with E-state index in [0.717, 1.165) is 17.1 Å². The van der Waals surface area contributed by atoms with Gasteiger partial charge in [0.2, 0.25) is 0 Å². The summed E-state index contributed by atoms with van der Waals surface area (Å²) in [7, 11) is 0. The molecule has 1 unspecified atom stereocenters. The lowest BCUT2D eigenvalue weighted by Crippen LogP contribution is -2.32. The average molecular weight is 272 g/mol. The Kier molecular flexibility index (Phi) is 4.58. The Hall–Kier alpha value is -0.400. The van der Waals surface area contributed by atoms with Crippen LogP contribution in [0.5, 0.6) is 0 Å². The summed E-state index contributed by atoms with van der Waals surface area (Å²) in [6.07, 6.45) is 5.23. The summed E-state index contributed by atoms with van der Waals surface area (Å²) < 4.78 is 0. The molecule has 0 spiro atoms. The molecule has 1 aromatic rings. The largest absolute Gasteiger partial charge is 0.369 e. The van der Waals surface area contributed by atoms with Crippen LogP contribution in [0, 0.1) is 0 Å². The molecular weight excluding hydrogens is 253 g/mol. The van der Waals surface area contributed by atoms with E-state index in [9.17, 15) is 0 Å². The van der Waals surface area contributed by atoms with Gasteiger partial charge in [-0.25, -0.2) is 0 Å². The van der Waals surface area contributed by atoms with Crippen LogP contribution < -0.4 is 4.90 Å². The average Bonchev–Trinajstić information content (AvgIpc) is 2.54. The normalized spacial score (nSPS) is 21.4. The van der Waals surface area contributed by atoms with E-state index in [-0.39, 0.29) is 0 Å². The van der Waals surface area contributed by atoms with Crippen molar-refractivity contribution in [3.05, 3.63) is 28.8 Å². The Bertz CT molecular complexity index is 378. The van der Waals surface area contributed by atoms with E-state index in [1.165, 1.54) is 31.4 Å². The van der Waals surface area contributed by atoms with Gasteiger partial charge in [-0.1, -0.05) is 30.5 Å². The molecule has 1 atom stereocenters. The van der Waals surface area contributed by atoms with Gasteiger partial charge in [0, 0.05) is 29.2 Å². The van der Waals surface area contributed by atoms with Gasteiger partial charge in [-0.05, 0) is 37.5 Å². The van der Waals surface area contributed by atoms with Crippen LogP contribution in [0.1, 0.15) is 38.2 Å². The van der Waals surface area contributed by atoms with Crippen LogP contribution in [0.15, 0.2) is 18.2 Å². The number of alkyl halides is 1. The molecule has 17 heavy (non-hydrogen) atoms. The van der Waals surface area contributed by atoms with Gasteiger partial charge in [-0.15, -0.1) is 11.6 Å². The van der Waals surface area contributed by atoms with Gasteiger partial charge < -0.3 is 4.90 Å². The van der Waals surface area contributed by atoms with E-state index in [0.29, 0.717) is 11.9 Å². The summed E-state index contributed by atoms with van der Waals surface area (Å²) in [6.45, 7) is 3.44. The van der Waals surface area contributed by atoms with Gasteiger partial charge in [-0.2, -0.15) is 0 Å². The minimum atomic E-state index is 0.481. The number of nitrogens with zero attached hydrogens (tertiary/aromatic N) is 1. The standard InChI is InChI=1S/C14H19Cl2N/c1-11-5-3-2-4-8-17(11)13-7-6-12(10-15)14(16)9-13/h6-7,9,11H,2-5,8,10H2,1H3. The van der Waals surface area contributed by atoms with Crippen LogP contribution in [0.25, 0.3) is 0 Å². The molecule has 1 fully saturated rings. The molecule has 94 valence electrons. The molecule has 0 bridgehead atoms. The summed E-state index contributed by atoms with van der Waals surface area (Å²) in [5.74, 6) is 0.481. The number of hydrogen-bond donors (Lipinski definition) is 0. The van der Waals surface area contributed by atoms with Crippen molar-refractivity contribution in [2.24, 2.45) is 0 Å². The molecule has 1 aliphatic heterocycles. The lowest BCUT2D eigenvalue weighted by atomic mass is 10.1. The molecule has 0 N–H and O–H groups in total. The summed E-state index contributed by atoms with van der Waals surface area (Å²) in [6, 6.07) is 6.85. The zero-order valence-corrected chi connectivity index (χ0v) is 11.8. The van der Waals surface area contributed by atoms with Crippen molar-refractivity contribution in [2.75, 3.05) is 11.4 Å². The predicted molar refractivity (Wildman–Crippen MR) is 76.3 cm³/mol. The van der Waals surface area contributed by atoms with Crippen molar-refractivity contribution in [1.29, 1.82) is 0 Å². The van der Waals surface area contributed by atoms with Crippen molar-refractivity contribution < 1.29 is 0 Å². The minimum Gasteiger partial charge on any atom is -0.369 e. The fraction of sp³-hybridized carbons (Fsp3) is 0.571. The Labute approximate surface area is 114 Å². The first kappa shape index (κ1) is 13.0. The second-order valence-electron chi connectivity index (χ2n) is 4.80. The molecular formula is C14H19Cl2N. The fourth-order valence-corrected chi connectivity index (χ4v) is 3.02. The van der Waals surface area contributed by atoms with Gasteiger partial charge in [0.25, 0.3) is 0 Å². The van der Waals surface area contributed by atoms with Crippen molar-refractivity contribution in [3.8, 4) is 0 Å². The molecule has 1 saturated heterocycles. The summed E-state index contributed by atoms with van der Waals surface area (Å²) in [5.41, 5.74) is 2.25. The van der Waals surface area contributed by atoms with Crippen LogP contribution >= 0.6 is 23.2 Å². The predicted octanol–water partition coefficient (Wildman–Crippen LogP) is 4.85. The third-order valence-electron chi connectivity index (χ3n) is 3.57. The fourth-order valence-electron chi connectivity index (χ4n) is 2.48. The van der Waals surface area contributed by atoms with E-state index >= 15 is 0 Å². The first-order chi connectivity index (χ1) is 8.22. The molecule has 1 nitrogen and oxygen atoms in total. The molecule has 1 heterocycles. The van der Waals surface area contributed by atoms with E-state index in [2.05, 4.69) is 24.0 Å². The Morgan fingerprint density at radius 1 is 1.29 bits per heavy atom. The molecule has 0 saturated carbocycles. The van der Waals surface area contributed by atoms with Gasteiger partial charge in [0.1, 0.15) is 0 Å². The maximum atomic E-state index is 6.23. The number of hydrogen-bond acceptors (Lipinski definition) is 1. The van der Waals surface area contributed by atoms with Gasteiger partial charge in [0.05, 0.1) is 0 Å². The van der Waals surface area contributed by atoms with Crippen molar-refractivity contribution in [2.45, 2.75) is 44.5 Å².